The molecule has 136 valence electrons. The first-order valence-electron chi connectivity index (χ1n) is 8.40. The van der Waals surface area contributed by atoms with Crippen LogP contribution >= 0.6 is 0 Å². The monoisotopic (exact) mass is 363 g/mol. The van der Waals surface area contributed by atoms with E-state index in [4.69, 9.17) is 5.10 Å². The van der Waals surface area contributed by atoms with Gasteiger partial charge in [0.05, 0.1) is 28.6 Å². The van der Waals surface area contributed by atoms with Crippen molar-refractivity contribution in [2.75, 3.05) is 5.01 Å². The Hall–Kier alpha value is -3.68. The molecule has 3 aromatic rings. The quantitative estimate of drug-likeness (QED) is 0.566. The maximum Gasteiger partial charge on any atom is 0.269 e. The predicted molar refractivity (Wildman–Crippen MR) is 101 cm³/mol. The Balaban J connectivity index is 1.74. The van der Waals surface area contributed by atoms with Gasteiger partial charge in [-0.15, -0.1) is 0 Å². The van der Waals surface area contributed by atoms with Gasteiger partial charge in [0.15, 0.2) is 0 Å². The number of aromatic nitrogens is 2. The summed E-state index contributed by atoms with van der Waals surface area (Å²) in [7, 11) is 1.85. The molecule has 1 aliphatic rings. The van der Waals surface area contributed by atoms with Gasteiger partial charge < -0.3 is 5.11 Å². The first-order chi connectivity index (χ1) is 13.0. The number of nitro groups is 1. The van der Waals surface area contributed by atoms with Crippen LogP contribution in [-0.4, -0.2) is 25.5 Å². The third-order valence-corrected chi connectivity index (χ3v) is 4.52. The fourth-order valence-corrected chi connectivity index (χ4v) is 3.21. The summed E-state index contributed by atoms with van der Waals surface area (Å²) in [6, 6.07) is 13.2. The van der Waals surface area contributed by atoms with Crippen molar-refractivity contribution < 1.29 is 10.0 Å². The van der Waals surface area contributed by atoms with Gasteiger partial charge in [-0.1, -0.05) is 12.1 Å². The zero-order valence-corrected chi connectivity index (χ0v) is 14.6. The lowest BCUT2D eigenvalue weighted by Crippen LogP contribution is -2.18. The number of anilines is 1. The summed E-state index contributed by atoms with van der Waals surface area (Å²) in [5.41, 5.74) is 3.46. The Labute approximate surface area is 155 Å². The molecule has 8 heteroatoms. The number of benzene rings is 2. The van der Waals surface area contributed by atoms with Crippen LogP contribution in [0.15, 0.2) is 66.0 Å². The summed E-state index contributed by atoms with van der Waals surface area (Å²) < 4.78 is 1.73. The van der Waals surface area contributed by atoms with Crippen LogP contribution in [0.4, 0.5) is 11.4 Å². The van der Waals surface area contributed by atoms with Crippen LogP contribution in [0.25, 0.3) is 0 Å². The zero-order valence-electron chi connectivity index (χ0n) is 14.6. The molecular formula is C19H17N5O3. The van der Waals surface area contributed by atoms with E-state index in [9.17, 15) is 15.2 Å². The average Bonchev–Trinajstić information content (AvgIpc) is 3.28. The number of non-ortho nitro benzene ring substituents is 1. The molecule has 0 fully saturated rings. The van der Waals surface area contributed by atoms with Crippen molar-refractivity contribution in [2.45, 2.75) is 12.5 Å². The van der Waals surface area contributed by atoms with Crippen LogP contribution in [-0.2, 0) is 7.05 Å². The number of hydrazone groups is 1. The van der Waals surface area contributed by atoms with E-state index >= 15 is 0 Å². The molecule has 1 N–H and O–H groups in total. The largest absolute Gasteiger partial charge is 0.508 e. The van der Waals surface area contributed by atoms with Gasteiger partial charge in [0.25, 0.3) is 5.69 Å². The molecule has 8 nitrogen and oxygen atoms in total. The van der Waals surface area contributed by atoms with Crippen molar-refractivity contribution >= 4 is 17.1 Å². The second-order valence-electron chi connectivity index (χ2n) is 6.38. The minimum atomic E-state index is -0.423. The summed E-state index contributed by atoms with van der Waals surface area (Å²) >= 11 is 0. The lowest BCUT2D eigenvalue weighted by molar-refractivity contribution is -0.384. The number of phenolic OH excluding ortho intramolecular Hbond substituents is 1. The summed E-state index contributed by atoms with van der Waals surface area (Å²) in [5.74, 6) is 0.182. The summed E-state index contributed by atoms with van der Waals surface area (Å²) in [6.45, 7) is 0. The molecule has 0 spiro atoms. The van der Waals surface area contributed by atoms with Gasteiger partial charge >= 0.3 is 0 Å². The molecule has 0 amide bonds. The van der Waals surface area contributed by atoms with Crippen molar-refractivity contribution in [2.24, 2.45) is 12.1 Å². The molecule has 0 saturated heterocycles. The van der Waals surface area contributed by atoms with Crippen molar-refractivity contribution in [3.05, 3.63) is 82.2 Å². The van der Waals surface area contributed by atoms with Crippen molar-refractivity contribution in [3.63, 3.8) is 0 Å². The van der Waals surface area contributed by atoms with Gasteiger partial charge in [0.2, 0.25) is 0 Å². The number of rotatable bonds is 4. The molecule has 1 atom stereocenters. The van der Waals surface area contributed by atoms with Crippen molar-refractivity contribution in [1.29, 1.82) is 0 Å². The Morgan fingerprint density at radius 2 is 2.00 bits per heavy atom. The fourth-order valence-electron chi connectivity index (χ4n) is 3.21. The molecule has 0 aliphatic carbocycles. The van der Waals surface area contributed by atoms with E-state index in [2.05, 4.69) is 5.10 Å². The van der Waals surface area contributed by atoms with E-state index in [0.29, 0.717) is 6.42 Å². The number of aryl methyl sites for hydroxylation is 1. The van der Waals surface area contributed by atoms with E-state index in [0.717, 1.165) is 22.5 Å². The second kappa shape index (κ2) is 6.56. The molecule has 1 aromatic heterocycles. The maximum atomic E-state index is 10.9. The van der Waals surface area contributed by atoms with Gasteiger partial charge in [0, 0.05) is 42.9 Å². The van der Waals surface area contributed by atoms with Crippen LogP contribution in [0.1, 0.15) is 23.6 Å². The number of aromatic hydroxyl groups is 1. The zero-order chi connectivity index (χ0) is 19.0. The molecule has 0 saturated carbocycles. The van der Waals surface area contributed by atoms with E-state index < -0.39 is 4.92 Å². The predicted octanol–water partition coefficient (Wildman–Crippen LogP) is 3.39. The number of phenols is 1. The van der Waals surface area contributed by atoms with Crippen molar-refractivity contribution in [1.82, 2.24) is 9.78 Å². The molecular weight excluding hydrogens is 346 g/mol. The molecule has 4 rings (SSSR count). The Bertz CT molecular complexity index is 1030. The highest BCUT2D eigenvalue weighted by molar-refractivity contribution is 6.03. The van der Waals surface area contributed by atoms with Gasteiger partial charge in [0.1, 0.15) is 5.75 Å². The third-order valence-electron chi connectivity index (χ3n) is 4.52. The first-order valence-corrected chi connectivity index (χ1v) is 8.40. The van der Waals surface area contributed by atoms with Gasteiger partial charge in [-0.25, -0.2) is 0 Å². The highest BCUT2D eigenvalue weighted by atomic mass is 16.6. The van der Waals surface area contributed by atoms with E-state index in [1.807, 2.05) is 24.3 Å². The highest BCUT2D eigenvalue weighted by Crippen LogP contribution is 2.37. The van der Waals surface area contributed by atoms with Crippen LogP contribution in [0.5, 0.6) is 5.75 Å². The Morgan fingerprint density at radius 3 is 2.63 bits per heavy atom. The normalized spacial score (nSPS) is 16.4. The molecule has 1 aliphatic heterocycles. The van der Waals surface area contributed by atoms with E-state index in [-0.39, 0.29) is 17.5 Å². The van der Waals surface area contributed by atoms with Crippen LogP contribution < -0.4 is 5.01 Å². The number of nitrogens with zero attached hydrogens (tertiary/aromatic N) is 5. The number of hydrogen-bond donors (Lipinski definition) is 1. The van der Waals surface area contributed by atoms with Crippen LogP contribution in [0, 0.1) is 10.1 Å². The first kappa shape index (κ1) is 16.8. The molecule has 0 unspecified atom stereocenters. The summed E-state index contributed by atoms with van der Waals surface area (Å²) in [5, 5.41) is 31.5. The Kier molecular flexibility index (Phi) is 4.08. The van der Waals surface area contributed by atoms with Gasteiger partial charge in [-0.3, -0.25) is 19.8 Å². The smallest absolute Gasteiger partial charge is 0.269 e. The minimum Gasteiger partial charge on any atom is -0.508 e. The van der Waals surface area contributed by atoms with Crippen molar-refractivity contribution in [3.8, 4) is 5.75 Å². The molecule has 2 heterocycles. The lowest BCUT2D eigenvalue weighted by Gasteiger charge is -2.22. The van der Waals surface area contributed by atoms with Crippen LogP contribution in [0.3, 0.4) is 0 Å². The molecule has 27 heavy (non-hydrogen) atoms. The maximum absolute atomic E-state index is 10.9. The second-order valence-corrected chi connectivity index (χ2v) is 6.38. The van der Waals surface area contributed by atoms with Crippen LogP contribution in [0.2, 0.25) is 0 Å². The number of nitro benzene ring substituents is 1. The van der Waals surface area contributed by atoms with E-state index in [1.54, 1.807) is 41.2 Å². The summed E-state index contributed by atoms with van der Waals surface area (Å²) in [6.07, 6.45) is 4.36. The topological polar surface area (TPSA) is 96.8 Å². The number of hydrogen-bond acceptors (Lipinski definition) is 6. The fraction of sp³-hybridized carbons (Fsp3) is 0.158. The lowest BCUT2D eigenvalue weighted by atomic mass is 10.0. The SMILES string of the molecule is Cn1cc([C@@H]2CC(c3cccc(O)c3)=NN2c2ccc([N+](=O)[O-])cc2)cn1. The average molecular weight is 363 g/mol. The van der Waals surface area contributed by atoms with Gasteiger partial charge in [-0.05, 0) is 24.3 Å². The standard InChI is InChI=1S/C19H17N5O3/c1-22-12-14(11-20-22)19-10-18(13-3-2-4-17(25)9-13)21-23(19)15-5-7-16(8-6-15)24(26)27/h2-9,11-12,19,25H,10H2,1H3/t19-/m0/s1. The van der Waals surface area contributed by atoms with Gasteiger partial charge in [-0.2, -0.15) is 10.2 Å². The molecule has 0 bridgehead atoms. The third kappa shape index (κ3) is 3.24. The molecule has 2 aromatic carbocycles. The highest BCUT2D eigenvalue weighted by Gasteiger charge is 2.31. The van der Waals surface area contributed by atoms with E-state index in [1.165, 1.54) is 12.1 Å². The summed E-state index contributed by atoms with van der Waals surface area (Å²) in [4.78, 5) is 10.5. The Morgan fingerprint density at radius 1 is 1.22 bits per heavy atom. The minimum absolute atomic E-state index is 0.0352. The molecule has 0 radical (unpaired) electrons.